The molecule has 3 aromatic rings. The number of nitriles is 1. The highest BCUT2D eigenvalue weighted by molar-refractivity contribution is 5.90. The highest BCUT2D eigenvalue weighted by Crippen LogP contribution is 2.45. The van der Waals surface area contributed by atoms with Crippen LogP contribution in [0.25, 0.3) is 10.8 Å². The molecule has 1 aliphatic heterocycles. The van der Waals surface area contributed by atoms with Crippen molar-refractivity contribution in [2.75, 3.05) is 0 Å². The van der Waals surface area contributed by atoms with Gasteiger partial charge in [0.15, 0.2) is 0 Å². The summed E-state index contributed by atoms with van der Waals surface area (Å²) >= 11 is 0. The van der Waals surface area contributed by atoms with Crippen LogP contribution in [-0.2, 0) is 0 Å². The van der Waals surface area contributed by atoms with E-state index in [0.29, 0.717) is 11.3 Å². The second-order valence-corrected chi connectivity index (χ2v) is 5.53. The van der Waals surface area contributed by atoms with Gasteiger partial charge in [-0.2, -0.15) is 5.26 Å². The van der Waals surface area contributed by atoms with Gasteiger partial charge >= 0.3 is 0 Å². The summed E-state index contributed by atoms with van der Waals surface area (Å²) in [5, 5.41) is 11.8. The molecular weight excluding hydrogens is 284 g/mol. The van der Waals surface area contributed by atoms with Gasteiger partial charge in [0.05, 0.1) is 5.92 Å². The first-order valence-electron chi connectivity index (χ1n) is 7.44. The summed E-state index contributed by atoms with van der Waals surface area (Å²) in [4.78, 5) is 0. The van der Waals surface area contributed by atoms with Crippen molar-refractivity contribution in [3.63, 3.8) is 0 Å². The average Bonchev–Trinajstić information content (AvgIpc) is 2.61. The van der Waals surface area contributed by atoms with Gasteiger partial charge in [-0.1, -0.05) is 60.7 Å². The fourth-order valence-electron chi connectivity index (χ4n) is 3.22. The molecule has 0 aliphatic carbocycles. The number of ether oxygens (including phenoxy) is 1. The van der Waals surface area contributed by atoms with E-state index in [4.69, 9.17) is 10.5 Å². The largest absolute Gasteiger partial charge is 0.440 e. The minimum Gasteiger partial charge on any atom is -0.440 e. The third-order valence-electron chi connectivity index (χ3n) is 4.25. The molecule has 23 heavy (non-hydrogen) atoms. The van der Waals surface area contributed by atoms with Crippen LogP contribution in [0.4, 0.5) is 0 Å². The Labute approximate surface area is 134 Å². The maximum absolute atomic E-state index is 9.62. The second kappa shape index (κ2) is 5.19. The molecular formula is C20H14N2O. The van der Waals surface area contributed by atoms with E-state index in [2.05, 4.69) is 18.2 Å². The van der Waals surface area contributed by atoms with Crippen LogP contribution in [0.5, 0.6) is 5.75 Å². The quantitative estimate of drug-likeness (QED) is 0.737. The molecule has 4 rings (SSSR count). The number of rotatable bonds is 1. The van der Waals surface area contributed by atoms with Crippen LogP contribution in [0, 0.1) is 11.3 Å². The lowest BCUT2D eigenvalue weighted by Gasteiger charge is -2.27. The zero-order chi connectivity index (χ0) is 15.8. The number of hydrogen-bond acceptors (Lipinski definition) is 3. The molecule has 0 amide bonds. The van der Waals surface area contributed by atoms with Gasteiger partial charge in [0.25, 0.3) is 0 Å². The number of nitrogens with zero attached hydrogens (tertiary/aromatic N) is 1. The fraction of sp³-hybridized carbons (Fsp3) is 0.0500. The minimum atomic E-state index is -0.212. The lowest BCUT2D eigenvalue weighted by atomic mass is 9.81. The molecule has 0 fully saturated rings. The van der Waals surface area contributed by atoms with Crippen LogP contribution in [0.15, 0.2) is 78.2 Å². The third-order valence-corrected chi connectivity index (χ3v) is 4.25. The lowest BCUT2D eigenvalue weighted by Crippen LogP contribution is -2.21. The predicted molar refractivity (Wildman–Crippen MR) is 89.7 cm³/mol. The van der Waals surface area contributed by atoms with Crippen LogP contribution in [0.1, 0.15) is 17.0 Å². The standard InChI is InChI=1S/C20H14N2O/c21-12-16-18(14-7-2-1-3-8-14)19-15-9-5-4-6-13(15)10-11-17(19)23-20(16)22/h1-11,18H,22H2/t18-/m1/s1. The van der Waals surface area contributed by atoms with Gasteiger partial charge in [0.2, 0.25) is 5.88 Å². The van der Waals surface area contributed by atoms with Crippen molar-refractivity contribution in [1.82, 2.24) is 0 Å². The van der Waals surface area contributed by atoms with Crippen LogP contribution < -0.4 is 10.5 Å². The molecule has 0 saturated heterocycles. The number of benzene rings is 3. The van der Waals surface area contributed by atoms with E-state index in [9.17, 15) is 5.26 Å². The highest BCUT2D eigenvalue weighted by Gasteiger charge is 2.31. The first kappa shape index (κ1) is 13.4. The highest BCUT2D eigenvalue weighted by atomic mass is 16.5. The van der Waals surface area contributed by atoms with Crippen molar-refractivity contribution >= 4 is 10.8 Å². The van der Waals surface area contributed by atoms with Gasteiger partial charge < -0.3 is 10.5 Å². The Hall–Kier alpha value is -3.25. The van der Waals surface area contributed by atoms with Crippen molar-refractivity contribution < 1.29 is 4.74 Å². The van der Waals surface area contributed by atoms with Gasteiger partial charge in [-0.15, -0.1) is 0 Å². The molecule has 0 saturated carbocycles. The van der Waals surface area contributed by atoms with E-state index < -0.39 is 0 Å². The summed E-state index contributed by atoms with van der Waals surface area (Å²) in [5.41, 5.74) is 8.50. The molecule has 0 unspecified atom stereocenters. The summed E-state index contributed by atoms with van der Waals surface area (Å²) in [7, 11) is 0. The molecule has 1 aliphatic rings. The van der Waals surface area contributed by atoms with Crippen LogP contribution in [-0.4, -0.2) is 0 Å². The number of fused-ring (bicyclic) bond motifs is 3. The molecule has 2 N–H and O–H groups in total. The molecule has 0 radical (unpaired) electrons. The van der Waals surface area contributed by atoms with Gasteiger partial charge in [-0.05, 0) is 22.4 Å². The molecule has 3 nitrogen and oxygen atoms in total. The Morgan fingerprint density at radius 2 is 1.65 bits per heavy atom. The fourth-order valence-corrected chi connectivity index (χ4v) is 3.22. The molecule has 3 heteroatoms. The second-order valence-electron chi connectivity index (χ2n) is 5.53. The normalized spacial score (nSPS) is 16.6. The summed E-state index contributed by atoms with van der Waals surface area (Å²) in [6, 6.07) is 24.3. The van der Waals surface area contributed by atoms with Crippen molar-refractivity contribution in [1.29, 1.82) is 5.26 Å². The van der Waals surface area contributed by atoms with Crippen LogP contribution >= 0.6 is 0 Å². The third kappa shape index (κ3) is 2.04. The van der Waals surface area contributed by atoms with Crippen LogP contribution in [0.2, 0.25) is 0 Å². The van der Waals surface area contributed by atoms with Gasteiger partial charge in [0.1, 0.15) is 17.4 Å². The monoisotopic (exact) mass is 298 g/mol. The van der Waals surface area contributed by atoms with Crippen molar-refractivity contribution in [3.8, 4) is 11.8 Å². The molecule has 1 atom stereocenters. The van der Waals surface area contributed by atoms with E-state index in [0.717, 1.165) is 21.9 Å². The van der Waals surface area contributed by atoms with Gasteiger partial charge in [-0.25, -0.2) is 0 Å². The first-order valence-corrected chi connectivity index (χ1v) is 7.44. The molecule has 3 aromatic carbocycles. The van der Waals surface area contributed by atoms with Crippen molar-refractivity contribution in [2.24, 2.45) is 5.73 Å². The maximum Gasteiger partial charge on any atom is 0.205 e. The van der Waals surface area contributed by atoms with E-state index in [-0.39, 0.29) is 11.8 Å². The van der Waals surface area contributed by atoms with Gasteiger partial charge in [0, 0.05) is 5.56 Å². The SMILES string of the molecule is N#CC1=C(N)Oc2ccc3ccccc3c2[C@@H]1c1ccccc1. The van der Waals surface area contributed by atoms with E-state index in [1.807, 2.05) is 54.6 Å². The number of hydrogen-bond donors (Lipinski definition) is 1. The smallest absolute Gasteiger partial charge is 0.205 e. The summed E-state index contributed by atoms with van der Waals surface area (Å²) in [6.45, 7) is 0. The summed E-state index contributed by atoms with van der Waals surface area (Å²) in [5.74, 6) is 0.689. The average molecular weight is 298 g/mol. The van der Waals surface area contributed by atoms with E-state index >= 15 is 0 Å². The Bertz CT molecular complexity index is 968. The number of nitrogens with two attached hydrogens (primary N) is 1. The van der Waals surface area contributed by atoms with Gasteiger partial charge in [-0.3, -0.25) is 0 Å². The molecule has 0 spiro atoms. The van der Waals surface area contributed by atoms with Crippen molar-refractivity contribution in [3.05, 3.63) is 89.3 Å². The van der Waals surface area contributed by atoms with Crippen molar-refractivity contribution in [2.45, 2.75) is 5.92 Å². The Morgan fingerprint density at radius 1 is 0.913 bits per heavy atom. The number of allylic oxidation sites excluding steroid dienone is 1. The summed E-state index contributed by atoms with van der Waals surface area (Å²) < 4.78 is 5.73. The van der Waals surface area contributed by atoms with E-state index in [1.54, 1.807) is 0 Å². The Balaban J connectivity index is 2.08. The topological polar surface area (TPSA) is 59.0 Å². The Morgan fingerprint density at radius 3 is 2.43 bits per heavy atom. The lowest BCUT2D eigenvalue weighted by molar-refractivity contribution is 0.395. The van der Waals surface area contributed by atoms with Crippen LogP contribution in [0.3, 0.4) is 0 Å². The van der Waals surface area contributed by atoms with E-state index in [1.165, 1.54) is 0 Å². The molecule has 1 heterocycles. The predicted octanol–water partition coefficient (Wildman–Crippen LogP) is 4.06. The molecule has 0 bridgehead atoms. The minimum absolute atomic E-state index is 0.184. The zero-order valence-corrected chi connectivity index (χ0v) is 12.4. The molecule has 0 aromatic heterocycles. The first-order chi connectivity index (χ1) is 11.3. The maximum atomic E-state index is 9.62. The molecule has 110 valence electrons. The zero-order valence-electron chi connectivity index (χ0n) is 12.4. The Kier molecular flexibility index (Phi) is 3.03. The summed E-state index contributed by atoms with van der Waals surface area (Å²) in [6.07, 6.45) is 0.